The summed E-state index contributed by atoms with van der Waals surface area (Å²) >= 11 is 0. The van der Waals surface area contributed by atoms with Gasteiger partial charge in [0.1, 0.15) is 5.76 Å². The number of carboxylic acid groups (broad SMARTS) is 1. The predicted molar refractivity (Wildman–Crippen MR) is 110 cm³/mol. The number of nitrogens with one attached hydrogen (secondary N) is 1. The first-order chi connectivity index (χ1) is 14.4. The van der Waals surface area contributed by atoms with Gasteiger partial charge in [-0.3, -0.25) is 4.79 Å². The summed E-state index contributed by atoms with van der Waals surface area (Å²) in [5, 5.41) is 23.4. The number of aliphatic hydroxyl groups is 1. The molecule has 1 aliphatic heterocycles. The van der Waals surface area contributed by atoms with Crippen molar-refractivity contribution in [3.8, 4) is 0 Å². The number of anilines is 1. The predicted octanol–water partition coefficient (Wildman–Crippen LogP) is 3.35. The summed E-state index contributed by atoms with van der Waals surface area (Å²) in [5.41, 5.74) is 0.558. The van der Waals surface area contributed by atoms with Crippen LogP contribution in [0.15, 0.2) is 65.1 Å². The second-order valence-electron chi connectivity index (χ2n) is 6.88. The number of carboxylic acids is 1. The minimum absolute atomic E-state index is 0.149. The maximum Gasteiger partial charge on any atom is 0.371 e. The molecule has 1 amide bonds. The van der Waals surface area contributed by atoms with Crippen LogP contribution in [0.4, 0.5) is 5.69 Å². The van der Waals surface area contributed by atoms with Crippen LogP contribution in [0.1, 0.15) is 33.0 Å². The second-order valence-corrected chi connectivity index (χ2v) is 6.88. The van der Waals surface area contributed by atoms with E-state index in [9.17, 15) is 14.7 Å². The number of methoxy groups -OCH3 is 1. The van der Waals surface area contributed by atoms with Gasteiger partial charge >= 0.3 is 5.97 Å². The third kappa shape index (κ3) is 3.30. The fourth-order valence-corrected chi connectivity index (χ4v) is 3.63. The summed E-state index contributed by atoms with van der Waals surface area (Å²) in [4.78, 5) is 23.5. The van der Waals surface area contributed by atoms with Crippen LogP contribution in [0.25, 0.3) is 12.2 Å². The normalized spacial score (nSPS) is 20.7. The van der Waals surface area contributed by atoms with E-state index in [1.54, 1.807) is 60.7 Å². The molecular weight excluding hydrogens is 386 g/mol. The number of ether oxygens (including phenoxy) is 1. The third-order valence-electron chi connectivity index (χ3n) is 5.06. The Bertz CT molecular complexity index is 1130. The lowest BCUT2D eigenvalue weighted by molar-refractivity contribution is -0.142. The van der Waals surface area contributed by atoms with Crippen LogP contribution in [-0.4, -0.2) is 35.3 Å². The van der Waals surface area contributed by atoms with Gasteiger partial charge in [-0.1, -0.05) is 42.5 Å². The monoisotopic (exact) mass is 405 g/mol. The molecule has 0 aliphatic carbocycles. The molecule has 2 heterocycles. The highest BCUT2D eigenvalue weighted by molar-refractivity contribution is 6.00. The molecule has 0 spiro atoms. The third-order valence-corrected chi connectivity index (χ3v) is 5.06. The minimum atomic E-state index is -1.68. The molecule has 1 aliphatic rings. The molecule has 7 heteroatoms. The Morgan fingerprint density at radius 1 is 1.13 bits per heavy atom. The Balaban J connectivity index is 1.77. The van der Waals surface area contributed by atoms with Gasteiger partial charge in [0, 0.05) is 18.4 Å². The molecule has 3 aromatic rings. The summed E-state index contributed by atoms with van der Waals surface area (Å²) in [5.74, 6) is -1.34. The average Bonchev–Trinajstić information content (AvgIpc) is 3.23. The van der Waals surface area contributed by atoms with E-state index in [1.807, 2.05) is 6.07 Å². The molecule has 0 bridgehead atoms. The van der Waals surface area contributed by atoms with Crippen LogP contribution >= 0.6 is 0 Å². The topological polar surface area (TPSA) is 109 Å². The van der Waals surface area contributed by atoms with E-state index < -0.39 is 23.6 Å². The van der Waals surface area contributed by atoms with Gasteiger partial charge in [0.15, 0.2) is 11.7 Å². The number of benzene rings is 2. The quantitative estimate of drug-likeness (QED) is 0.601. The molecule has 0 radical (unpaired) electrons. The van der Waals surface area contributed by atoms with Crippen LogP contribution in [0.2, 0.25) is 0 Å². The van der Waals surface area contributed by atoms with Crippen molar-refractivity contribution in [2.45, 2.75) is 11.7 Å². The zero-order chi connectivity index (χ0) is 21.3. The number of furan rings is 1. The van der Waals surface area contributed by atoms with Crippen LogP contribution < -0.4 is 5.32 Å². The SMILES string of the molecule is COC1C(=O)Nc2ccc(C=Cc3ccc(C(=O)O)o3)cc2C1(O)c1ccccc1. The van der Waals surface area contributed by atoms with E-state index in [0.717, 1.165) is 5.56 Å². The van der Waals surface area contributed by atoms with Crippen molar-refractivity contribution in [3.63, 3.8) is 0 Å². The van der Waals surface area contributed by atoms with E-state index in [0.29, 0.717) is 22.6 Å². The molecular formula is C23H19NO6. The average molecular weight is 405 g/mol. The minimum Gasteiger partial charge on any atom is -0.475 e. The van der Waals surface area contributed by atoms with Gasteiger partial charge in [-0.25, -0.2) is 4.79 Å². The van der Waals surface area contributed by atoms with Crippen molar-refractivity contribution in [1.29, 1.82) is 0 Å². The Morgan fingerprint density at radius 2 is 1.90 bits per heavy atom. The molecule has 4 rings (SSSR count). The van der Waals surface area contributed by atoms with Crippen molar-refractivity contribution in [2.24, 2.45) is 0 Å². The van der Waals surface area contributed by atoms with Crippen molar-refractivity contribution >= 4 is 29.7 Å². The lowest BCUT2D eigenvalue weighted by Gasteiger charge is -2.40. The van der Waals surface area contributed by atoms with Crippen molar-refractivity contribution in [2.75, 3.05) is 12.4 Å². The van der Waals surface area contributed by atoms with Gasteiger partial charge in [0.2, 0.25) is 5.76 Å². The van der Waals surface area contributed by atoms with E-state index >= 15 is 0 Å². The first-order valence-corrected chi connectivity index (χ1v) is 9.21. The molecule has 0 saturated carbocycles. The lowest BCUT2D eigenvalue weighted by atomic mass is 9.77. The number of hydrogen-bond donors (Lipinski definition) is 3. The summed E-state index contributed by atoms with van der Waals surface area (Å²) in [6.07, 6.45) is 2.23. The van der Waals surface area contributed by atoms with Gasteiger partial charge < -0.3 is 24.7 Å². The summed E-state index contributed by atoms with van der Waals surface area (Å²) in [6.45, 7) is 0. The summed E-state index contributed by atoms with van der Waals surface area (Å²) < 4.78 is 10.6. The second kappa shape index (κ2) is 7.62. The fourth-order valence-electron chi connectivity index (χ4n) is 3.63. The van der Waals surface area contributed by atoms with Crippen LogP contribution in [0.5, 0.6) is 0 Å². The molecule has 0 fully saturated rings. The van der Waals surface area contributed by atoms with Crippen LogP contribution in [-0.2, 0) is 15.1 Å². The molecule has 0 saturated heterocycles. The largest absolute Gasteiger partial charge is 0.475 e. The number of aromatic carboxylic acids is 1. The van der Waals surface area contributed by atoms with Crippen LogP contribution in [0.3, 0.4) is 0 Å². The van der Waals surface area contributed by atoms with Gasteiger partial charge in [0.25, 0.3) is 5.91 Å². The smallest absolute Gasteiger partial charge is 0.371 e. The molecule has 2 atom stereocenters. The lowest BCUT2D eigenvalue weighted by Crippen LogP contribution is -2.52. The zero-order valence-corrected chi connectivity index (χ0v) is 16.0. The maximum absolute atomic E-state index is 12.6. The summed E-state index contributed by atoms with van der Waals surface area (Å²) in [6, 6.07) is 17.0. The molecule has 152 valence electrons. The highest BCUT2D eigenvalue weighted by Crippen LogP contribution is 2.42. The summed E-state index contributed by atoms with van der Waals surface area (Å²) in [7, 11) is 1.38. The van der Waals surface area contributed by atoms with Gasteiger partial charge in [0.05, 0.1) is 0 Å². The first kappa shape index (κ1) is 19.6. The highest BCUT2D eigenvalue weighted by Gasteiger charge is 2.49. The Labute approximate surface area is 172 Å². The maximum atomic E-state index is 12.6. The van der Waals surface area contributed by atoms with E-state index in [-0.39, 0.29) is 5.76 Å². The standard InChI is InChI=1S/C23H19NO6/c1-29-20-21(25)24-18-11-8-14(7-9-16-10-12-19(30-16)22(26)27)13-17(18)23(20,28)15-5-3-2-4-6-15/h2-13,20,28H,1H3,(H,24,25)(H,26,27). The Hall–Kier alpha value is -3.68. The molecule has 2 unspecified atom stereocenters. The molecule has 30 heavy (non-hydrogen) atoms. The number of carbonyl (C=O) groups is 2. The van der Waals surface area contributed by atoms with Gasteiger partial charge in [-0.05, 0) is 41.5 Å². The Kier molecular flexibility index (Phi) is 4.99. The zero-order valence-electron chi connectivity index (χ0n) is 16.0. The molecule has 3 N–H and O–H groups in total. The number of fused-ring (bicyclic) bond motifs is 1. The number of carbonyl (C=O) groups excluding carboxylic acids is 1. The van der Waals surface area contributed by atoms with Gasteiger partial charge in [-0.15, -0.1) is 0 Å². The van der Waals surface area contributed by atoms with Gasteiger partial charge in [-0.2, -0.15) is 0 Å². The number of hydrogen-bond acceptors (Lipinski definition) is 5. The fraction of sp³-hybridized carbons (Fsp3) is 0.130. The van der Waals surface area contributed by atoms with E-state index in [4.69, 9.17) is 14.3 Å². The molecule has 7 nitrogen and oxygen atoms in total. The first-order valence-electron chi connectivity index (χ1n) is 9.21. The van der Waals surface area contributed by atoms with Crippen molar-refractivity contribution in [3.05, 3.63) is 88.9 Å². The molecule has 2 aromatic carbocycles. The number of rotatable bonds is 5. The van der Waals surface area contributed by atoms with Crippen LogP contribution in [0, 0.1) is 0 Å². The van der Waals surface area contributed by atoms with E-state index in [1.165, 1.54) is 13.2 Å². The van der Waals surface area contributed by atoms with Crippen molar-refractivity contribution < 1.29 is 29.0 Å². The van der Waals surface area contributed by atoms with E-state index in [2.05, 4.69) is 5.32 Å². The molecule has 1 aromatic heterocycles. The Morgan fingerprint density at radius 3 is 2.57 bits per heavy atom. The van der Waals surface area contributed by atoms with Crippen molar-refractivity contribution in [1.82, 2.24) is 0 Å². The highest BCUT2D eigenvalue weighted by atomic mass is 16.5. The number of amides is 1.